The second kappa shape index (κ2) is 4.79. The third kappa shape index (κ3) is 2.41. The summed E-state index contributed by atoms with van der Waals surface area (Å²) in [6.07, 6.45) is 3.39. The molecular formula is C13H17N3O2S. The summed E-state index contributed by atoms with van der Waals surface area (Å²) < 4.78 is 6.68. The average Bonchev–Trinajstić information content (AvgIpc) is 2.92. The second-order valence-electron chi connectivity index (χ2n) is 4.96. The largest absolute Gasteiger partial charge is 0.465 e. The Hall–Kier alpha value is -1.66. The quantitative estimate of drug-likeness (QED) is 0.875. The van der Waals surface area contributed by atoms with E-state index in [0.29, 0.717) is 4.88 Å². The Morgan fingerprint density at radius 3 is 2.79 bits per heavy atom. The first-order chi connectivity index (χ1) is 8.86. The number of aryl methyl sites for hydroxylation is 1. The molecule has 0 bridgehead atoms. The first-order valence-electron chi connectivity index (χ1n) is 5.84. The van der Waals surface area contributed by atoms with Gasteiger partial charge in [0, 0.05) is 0 Å². The van der Waals surface area contributed by atoms with E-state index in [2.05, 4.69) is 4.98 Å². The van der Waals surface area contributed by atoms with E-state index in [9.17, 15) is 4.79 Å². The topological polar surface area (TPSA) is 70.1 Å². The van der Waals surface area contributed by atoms with Crippen LogP contribution in [0.25, 0.3) is 5.69 Å². The van der Waals surface area contributed by atoms with Crippen LogP contribution in [0.2, 0.25) is 0 Å². The number of thiophene rings is 1. The molecule has 2 heterocycles. The number of hydrogen-bond acceptors (Lipinski definition) is 5. The number of carbonyl (C=O) groups is 1. The van der Waals surface area contributed by atoms with E-state index in [-0.39, 0.29) is 5.97 Å². The Labute approximate surface area is 116 Å². The molecule has 102 valence electrons. The summed E-state index contributed by atoms with van der Waals surface area (Å²) in [5.74, 6) is -0.345. The van der Waals surface area contributed by atoms with Crippen LogP contribution in [0, 0.1) is 6.92 Å². The van der Waals surface area contributed by atoms with E-state index >= 15 is 0 Å². The van der Waals surface area contributed by atoms with Gasteiger partial charge in [-0.3, -0.25) is 4.57 Å². The molecule has 0 aliphatic rings. The molecule has 0 fully saturated rings. The summed E-state index contributed by atoms with van der Waals surface area (Å²) in [6.45, 7) is 5.76. The molecule has 0 radical (unpaired) electrons. The molecule has 2 N–H and O–H groups in total. The van der Waals surface area contributed by atoms with Crippen molar-refractivity contribution in [2.75, 3.05) is 7.11 Å². The fraction of sp³-hybridized carbons (Fsp3) is 0.385. The molecule has 5 nitrogen and oxygen atoms in total. The fourth-order valence-corrected chi connectivity index (χ4v) is 2.88. The summed E-state index contributed by atoms with van der Waals surface area (Å²) in [5.41, 5.74) is 8.23. The monoisotopic (exact) mass is 279 g/mol. The molecule has 2 rings (SSSR count). The van der Waals surface area contributed by atoms with Crippen LogP contribution >= 0.6 is 11.3 Å². The zero-order chi connectivity index (χ0) is 14.2. The van der Waals surface area contributed by atoms with Gasteiger partial charge in [-0.1, -0.05) is 0 Å². The van der Waals surface area contributed by atoms with Gasteiger partial charge in [0.05, 0.1) is 36.6 Å². The lowest BCUT2D eigenvalue weighted by Crippen LogP contribution is -2.31. The molecule has 19 heavy (non-hydrogen) atoms. The van der Waals surface area contributed by atoms with Crippen molar-refractivity contribution in [2.24, 2.45) is 5.73 Å². The Bertz CT molecular complexity index is 608. The van der Waals surface area contributed by atoms with Crippen molar-refractivity contribution in [3.63, 3.8) is 0 Å². The van der Waals surface area contributed by atoms with Gasteiger partial charge in [0.2, 0.25) is 0 Å². The summed E-state index contributed by atoms with van der Waals surface area (Å²) in [7, 11) is 1.38. The SMILES string of the molecule is COC(=O)c1scc(C)c1-n1cncc1C(C)(C)N. The summed E-state index contributed by atoms with van der Waals surface area (Å²) in [4.78, 5) is 16.5. The van der Waals surface area contributed by atoms with Crippen LogP contribution in [0.1, 0.15) is 34.8 Å². The van der Waals surface area contributed by atoms with Crippen LogP contribution in [0.4, 0.5) is 0 Å². The number of carbonyl (C=O) groups excluding carboxylic acids is 1. The summed E-state index contributed by atoms with van der Waals surface area (Å²) >= 11 is 1.36. The number of hydrogen-bond donors (Lipinski definition) is 1. The third-order valence-electron chi connectivity index (χ3n) is 2.85. The highest BCUT2D eigenvalue weighted by Crippen LogP contribution is 2.30. The van der Waals surface area contributed by atoms with Crippen molar-refractivity contribution in [2.45, 2.75) is 26.3 Å². The van der Waals surface area contributed by atoms with Gasteiger partial charge in [0.15, 0.2) is 0 Å². The number of rotatable bonds is 3. The predicted octanol–water partition coefficient (Wildman–Crippen LogP) is 2.22. The molecule has 0 aliphatic heterocycles. The minimum atomic E-state index is -0.543. The summed E-state index contributed by atoms with van der Waals surface area (Å²) in [6, 6.07) is 0. The first-order valence-corrected chi connectivity index (χ1v) is 6.72. The maximum absolute atomic E-state index is 11.8. The molecule has 2 aromatic rings. The lowest BCUT2D eigenvalue weighted by molar-refractivity contribution is 0.0606. The zero-order valence-corrected chi connectivity index (χ0v) is 12.2. The number of nitrogens with two attached hydrogens (primary N) is 1. The van der Waals surface area contributed by atoms with Gasteiger partial charge in [0.1, 0.15) is 4.88 Å². The fourth-order valence-electron chi connectivity index (χ4n) is 1.92. The van der Waals surface area contributed by atoms with Crippen LogP contribution < -0.4 is 5.73 Å². The lowest BCUT2D eigenvalue weighted by Gasteiger charge is -2.21. The smallest absolute Gasteiger partial charge is 0.350 e. The standard InChI is InChI=1S/C13H17N3O2S/c1-8-6-19-11(12(17)18-4)10(8)16-7-15-5-9(16)13(2,3)14/h5-7H,14H2,1-4H3. The molecule has 0 amide bonds. The van der Waals surface area contributed by atoms with Crippen LogP contribution in [0.3, 0.4) is 0 Å². The molecule has 6 heteroatoms. The normalized spacial score (nSPS) is 11.6. The van der Waals surface area contributed by atoms with Crippen molar-refractivity contribution in [3.05, 3.63) is 34.0 Å². The zero-order valence-electron chi connectivity index (χ0n) is 11.4. The molecule has 2 aromatic heterocycles. The molecule has 0 unspecified atom stereocenters. The molecule has 0 aliphatic carbocycles. The number of esters is 1. The van der Waals surface area contributed by atoms with E-state index < -0.39 is 5.54 Å². The number of methoxy groups -OCH3 is 1. The first kappa shape index (κ1) is 13.8. The number of aromatic nitrogens is 2. The van der Waals surface area contributed by atoms with Crippen LogP contribution in [-0.2, 0) is 10.3 Å². The minimum absolute atomic E-state index is 0.345. The van der Waals surface area contributed by atoms with Crippen molar-refractivity contribution in [1.29, 1.82) is 0 Å². The Morgan fingerprint density at radius 1 is 1.53 bits per heavy atom. The lowest BCUT2D eigenvalue weighted by atomic mass is 10.0. The molecule has 0 saturated carbocycles. The molecule has 0 saturated heterocycles. The van der Waals surface area contributed by atoms with Gasteiger partial charge in [0.25, 0.3) is 0 Å². The van der Waals surface area contributed by atoms with Gasteiger partial charge in [-0.15, -0.1) is 11.3 Å². The Balaban J connectivity index is 2.63. The van der Waals surface area contributed by atoms with Crippen molar-refractivity contribution < 1.29 is 9.53 Å². The molecule has 0 aromatic carbocycles. The van der Waals surface area contributed by atoms with Crippen molar-refractivity contribution in [1.82, 2.24) is 9.55 Å². The third-order valence-corrected chi connectivity index (χ3v) is 3.92. The molecule has 0 atom stereocenters. The van der Waals surface area contributed by atoms with E-state index in [1.54, 1.807) is 12.5 Å². The number of nitrogens with zero attached hydrogens (tertiary/aromatic N) is 2. The van der Waals surface area contributed by atoms with E-state index in [1.165, 1.54) is 18.4 Å². The Kier molecular flexibility index (Phi) is 3.47. The van der Waals surface area contributed by atoms with Gasteiger partial charge in [-0.2, -0.15) is 0 Å². The van der Waals surface area contributed by atoms with E-state index in [4.69, 9.17) is 10.5 Å². The number of imidazole rings is 1. The second-order valence-corrected chi connectivity index (χ2v) is 5.84. The van der Waals surface area contributed by atoms with Gasteiger partial charge in [-0.25, -0.2) is 9.78 Å². The summed E-state index contributed by atoms with van der Waals surface area (Å²) in [5, 5.41) is 1.93. The Morgan fingerprint density at radius 2 is 2.21 bits per heavy atom. The highest BCUT2D eigenvalue weighted by atomic mass is 32.1. The van der Waals surface area contributed by atoms with Crippen LogP contribution in [-0.4, -0.2) is 22.6 Å². The van der Waals surface area contributed by atoms with E-state index in [0.717, 1.165) is 16.9 Å². The predicted molar refractivity (Wildman–Crippen MR) is 74.7 cm³/mol. The number of ether oxygens (including phenoxy) is 1. The molecule has 0 spiro atoms. The van der Waals surface area contributed by atoms with Crippen LogP contribution in [0.15, 0.2) is 17.9 Å². The van der Waals surface area contributed by atoms with E-state index in [1.807, 2.05) is 30.7 Å². The molecular weight excluding hydrogens is 262 g/mol. The highest BCUT2D eigenvalue weighted by molar-refractivity contribution is 7.12. The van der Waals surface area contributed by atoms with Gasteiger partial charge >= 0.3 is 5.97 Å². The maximum Gasteiger partial charge on any atom is 0.350 e. The van der Waals surface area contributed by atoms with Crippen molar-refractivity contribution >= 4 is 17.3 Å². The minimum Gasteiger partial charge on any atom is -0.465 e. The van der Waals surface area contributed by atoms with Crippen molar-refractivity contribution in [3.8, 4) is 5.69 Å². The van der Waals surface area contributed by atoms with Gasteiger partial charge in [-0.05, 0) is 31.7 Å². The van der Waals surface area contributed by atoms with Gasteiger partial charge < -0.3 is 10.5 Å². The maximum atomic E-state index is 11.8. The van der Waals surface area contributed by atoms with Crippen LogP contribution in [0.5, 0.6) is 0 Å². The highest BCUT2D eigenvalue weighted by Gasteiger charge is 2.25. The average molecular weight is 279 g/mol.